The molecule has 3 nitrogen and oxygen atoms in total. The SMILES string of the molecule is O=CC1=Nc2ncc(-c3cccs3)cc2CC1. The first-order valence-electron chi connectivity index (χ1n) is 5.42. The van der Waals surface area contributed by atoms with Crippen LogP contribution < -0.4 is 0 Å². The van der Waals surface area contributed by atoms with Gasteiger partial charge < -0.3 is 0 Å². The van der Waals surface area contributed by atoms with Gasteiger partial charge in [-0.15, -0.1) is 11.3 Å². The summed E-state index contributed by atoms with van der Waals surface area (Å²) in [4.78, 5) is 20.4. The Balaban J connectivity index is 2.04. The van der Waals surface area contributed by atoms with E-state index in [2.05, 4.69) is 27.5 Å². The zero-order chi connectivity index (χ0) is 11.7. The smallest absolute Gasteiger partial charge is 0.164 e. The van der Waals surface area contributed by atoms with E-state index in [9.17, 15) is 4.79 Å². The number of carbonyl (C=O) groups excluding carboxylic acids is 1. The van der Waals surface area contributed by atoms with Gasteiger partial charge in [0.25, 0.3) is 0 Å². The first-order chi connectivity index (χ1) is 8.36. The van der Waals surface area contributed by atoms with Crippen molar-refractivity contribution in [3.8, 4) is 10.4 Å². The molecule has 0 fully saturated rings. The maximum absolute atomic E-state index is 10.7. The van der Waals surface area contributed by atoms with Crippen LogP contribution in [0.2, 0.25) is 0 Å². The Bertz CT molecular complexity index is 587. The number of aromatic nitrogens is 1. The van der Waals surface area contributed by atoms with Crippen LogP contribution in [0.5, 0.6) is 0 Å². The third-order valence-corrected chi connectivity index (χ3v) is 3.70. The van der Waals surface area contributed by atoms with E-state index in [4.69, 9.17) is 0 Å². The number of pyridine rings is 1. The highest BCUT2D eigenvalue weighted by Gasteiger charge is 2.13. The van der Waals surface area contributed by atoms with Crippen LogP contribution in [0.1, 0.15) is 12.0 Å². The number of aryl methyl sites for hydroxylation is 1. The second-order valence-electron chi connectivity index (χ2n) is 3.91. The van der Waals surface area contributed by atoms with E-state index in [0.717, 1.165) is 23.8 Å². The summed E-state index contributed by atoms with van der Waals surface area (Å²) < 4.78 is 0. The fourth-order valence-electron chi connectivity index (χ4n) is 1.91. The highest BCUT2D eigenvalue weighted by atomic mass is 32.1. The predicted octanol–water partition coefficient (Wildman–Crippen LogP) is 3.03. The second kappa shape index (κ2) is 4.22. The number of rotatable bonds is 2. The van der Waals surface area contributed by atoms with Crippen molar-refractivity contribution in [2.75, 3.05) is 0 Å². The van der Waals surface area contributed by atoms with Gasteiger partial charge in [0.2, 0.25) is 0 Å². The van der Waals surface area contributed by atoms with Crippen molar-refractivity contribution in [3.05, 3.63) is 35.3 Å². The molecule has 0 saturated heterocycles. The molecule has 4 heteroatoms. The number of aldehydes is 1. The van der Waals surface area contributed by atoms with Crippen molar-refractivity contribution in [2.24, 2.45) is 4.99 Å². The summed E-state index contributed by atoms with van der Waals surface area (Å²) in [7, 11) is 0. The molecule has 84 valence electrons. The zero-order valence-electron chi connectivity index (χ0n) is 9.09. The normalized spacial score (nSPS) is 14.0. The molecule has 3 heterocycles. The zero-order valence-corrected chi connectivity index (χ0v) is 9.91. The van der Waals surface area contributed by atoms with Crippen molar-refractivity contribution in [1.29, 1.82) is 0 Å². The van der Waals surface area contributed by atoms with Gasteiger partial charge in [0.1, 0.15) is 0 Å². The molecule has 1 aliphatic heterocycles. The topological polar surface area (TPSA) is 42.3 Å². The third kappa shape index (κ3) is 1.91. The Kier molecular flexibility index (Phi) is 2.57. The molecule has 0 aliphatic carbocycles. The molecule has 0 unspecified atom stereocenters. The van der Waals surface area contributed by atoms with E-state index in [-0.39, 0.29) is 0 Å². The molecule has 2 aromatic rings. The van der Waals surface area contributed by atoms with Crippen LogP contribution in [0.3, 0.4) is 0 Å². The van der Waals surface area contributed by atoms with Gasteiger partial charge in [0.05, 0.1) is 5.71 Å². The molecule has 0 radical (unpaired) electrons. The van der Waals surface area contributed by atoms with Gasteiger partial charge in [-0.3, -0.25) is 4.79 Å². The Morgan fingerprint density at radius 2 is 2.29 bits per heavy atom. The minimum Gasteiger partial charge on any atom is -0.297 e. The minimum absolute atomic E-state index is 0.592. The summed E-state index contributed by atoms with van der Waals surface area (Å²) in [6.45, 7) is 0. The fourth-order valence-corrected chi connectivity index (χ4v) is 2.61. The van der Waals surface area contributed by atoms with Gasteiger partial charge in [0.15, 0.2) is 12.1 Å². The van der Waals surface area contributed by atoms with Crippen LogP contribution >= 0.6 is 11.3 Å². The fraction of sp³-hybridized carbons (Fsp3) is 0.154. The Morgan fingerprint density at radius 1 is 1.35 bits per heavy atom. The highest BCUT2D eigenvalue weighted by Crippen LogP contribution is 2.30. The lowest BCUT2D eigenvalue weighted by Crippen LogP contribution is -2.07. The summed E-state index contributed by atoms with van der Waals surface area (Å²) in [6, 6.07) is 6.23. The number of nitrogens with zero attached hydrogens (tertiary/aromatic N) is 2. The van der Waals surface area contributed by atoms with Crippen LogP contribution in [-0.2, 0) is 11.2 Å². The average Bonchev–Trinajstić information content (AvgIpc) is 2.91. The lowest BCUT2D eigenvalue weighted by Gasteiger charge is -2.12. The van der Waals surface area contributed by atoms with Crippen LogP contribution in [0.25, 0.3) is 10.4 Å². The van der Waals surface area contributed by atoms with Gasteiger partial charge in [0, 0.05) is 16.6 Å². The molecule has 1 aliphatic rings. The van der Waals surface area contributed by atoms with Crippen molar-refractivity contribution in [3.63, 3.8) is 0 Å². The summed E-state index contributed by atoms with van der Waals surface area (Å²) in [5.74, 6) is 0.693. The Labute approximate surface area is 103 Å². The molecular formula is C13H10N2OS. The standard InChI is InChI=1S/C13H10N2OS/c16-8-11-4-3-9-6-10(7-14-13(9)15-11)12-2-1-5-17-12/h1-2,5-8H,3-4H2. The van der Waals surface area contributed by atoms with E-state index in [1.54, 1.807) is 11.3 Å². The molecule has 0 bridgehead atoms. The molecule has 0 aromatic carbocycles. The monoisotopic (exact) mass is 242 g/mol. The molecule has 3 rings (SSSR count). The Hall–Kier alpha value is -1.81. The summed E-state index contributed by atoms with van der Waals surface area (Å²) in [5, 5.41) is 2.05. The molecule has 0 amide bonds. The van der Waals surface area contributed by atoms with Gasteiger partial charge in [-0.1, -0.05) is 6.07 Å². The van der Waals surface area contributed by atoms with Crippen LogP contribution in [0.4, 0.5) is 5.82 Å². The van der Waals surface area contributed by atoms with E-state index >= 15 is 0 Å². The molecule has 0 spiro atoms. The largest absolute Gasteiger partial charge is 0.297 e. The van der Waals surface area contributed by atoms with Crippen LogP contribution in [0.15, 0.2) is 34.8 Å². The first-order valence-corrected chi connectivity index (χ1v) is 6.30. The van der Waals surface area contributed by atoms with E-state index in [1.165, 1.54) is 4.88 Å². The third-order valence-electron chi connectivity index (χ3n) is 2.78. The molecular weight excluding hydrogens is 232 g/mol. The van der Waals surface area contributed by atoms with E-state index < -0.39 is 0 Å². The number of carbonyl (C=O) groups is 1. The highest BCUT2D eigenvalue weighted by molar-refractivity contribution is 7.13. The molecule has 0 saturated carbocycles. The predicted molar refractivity (Wildman–Crippen MR) is 69.0 cm³/mol. The lowest BCUT2D eigenvalue weighted by atomic mass is 10.0. The van der Waals surface area contributed by atoms with Crippen molar-refractivity contribution in [2.45, 2.75) is 12.8 Å². The van der Waals surface area contributed by atoms with Gasteiger partial charge in [-0.2, -0.15) is 0 Å². The Morgan fingerprint density at radius 3 is 3.06 bits per heavy atom. The number of hydrogen-bond donors (Lipinski definition) is 0. The molecule has 0 N–H and O–H groups in total. The van der Waals surface area contributed by atoms with Crippen LogP contribution in [-0.4, -0.2) is 17.0 Å². The van der Waals surface area contributed by atoms with Crippen molar-refractivity contribution < 1.29 is 4.79 Å². The van der Waals surface area contributed by atoms with Gasteiger partial charge in [-0.25, -0.2) is 9.98 Å². The summed E-state index contributed by atoms with van der Waals surface area (Å²) >= 11 is 1.70. The first kappa shape index (κ1) is 10.4. The summed E-state index contributed by atoms with van der Waals surface area (Å²) in [6.07, 6.45) is 4.20. The van der Waals surface area contributed by atoms with Crippen LogP contribution in [0, 0.1) is 0 Å². The maximum atomic E-state index is 10.7. The number of thiophene rings is 1. The van der Waals surface area contributed by atoms with Gasteiger partial charge >= 0.3 is 0 Å². The molecule has 0 atom stereocenters. The second-order valence-corrected chi connectivity index (χ2v) is 4.85. The number of hydrogen-bond acceptors (Lipinski definition) is 4. The van der Waals surface area contributed by atoms with Gasteiger partial charge in [-0.05, 0) is 35.9 Å². The maximum Gasteiger partial charge on any atom is 0.164 e. The van der Waals surface area contributed by atoms with E-state index in [1.807, 2.05) is 12.3 Å². The average molecular weight is 242 g/mol. The minimum atomic E-state index is 0.592. The van der Waals surface area contributed by atoms with E-state index in [0.29, 0.717) is 18.0 Å². The molecule has 2 aromatic heterocycles. The number of aliphatic imine (C=N–C) groups is 1. The van der Waals surface area contributed by atoms with Crippen molar-refractivity contribution in [1.82, 2.24) is 4.98 Å². The van der Waals surface area contributed by atoms with Crippen molar-refractivity contribution >= 4 is 29.2 Å². The quantitative estimate of drug-likeness (QED) is 0.760. The summed E-state index contributed by atoms with van der Waals surface area (Å²) in [5.41, 5.74) is 2.85. The molecule has 17 heavy (non-hydrogen) atoms. The number of fused-ring (bicyclic) bond motifs is 1. The lowest BCUT2D eigenvalue weighted by molar-refractivity contribution is -0.102.